The van der Waals surface area contributed by atoms with Crippen molar-refractivity contribution in [3.63, 3.8) is 0 Å². The Labute approximate surface area is 99.5 Å². The normalized spacial score (nSPS) is 27.8. The van der Waals surface area contributed by atoms with Crippen molar-refractivity contribution in [2.45, 2.75) is 38.5 Å². The summed E-state index contributed by atoms with van der Waals surface area (Å²) in [4.78, 5) is 37.0. The van der Waals surface area contributed by atoms with Gasteiger partial charge in [0.2, 0.25) is 11.8 Å². The van der Waals surface area contributed by atoms with E-state index in [1.165, 1.54) is 11.3 Å². The van der Waals surface area contributed by atoms with Gasteiger partial charge in [-0.2, -0.15) is 0 Å². The number of carbonyl (C=O) groups is 3. The third-order valence-electron chi connectivity index (χ3n) is 4.43. The smallest absolute Gasteiger partial charge is 0.277 e. The largest absolute Gasteiger partial charge is 0.330 e. The third-order valence-corrected chi connectivity index (χ3v) is 4.43. The molecular formula is C12H16N2O3. The van der Waals surface area contributed by atoms with E-state index in [4.69, 9.17) is 0 Å². The summed E-state index contributed by atoms with van der Waals surface area (Å²) in [7, 11) is 0. The van der Waals surface area contributed by atoms with Gasteiger partial charge in [0.25, 0.3) is 0 Å². The Kier molecular flexibility index (Phi) is 2.24. The van der Waals surface area contributed by atoms with Crippen molar-refractivity contribution in [2.75, 3.05) is 6.54 Å². The molecule has 3 aliphatic rings. The summed E-state index contributed by atoms with van der Waals surface area (Å²) in [5, 5.41) is 2.33. The van der Waals surface area contributed by atoms with E-state index < -0.39 is 11.4 Å². The highest BCUT2D eigenvalue weighted by molar-refractivity contribution is 6.19. The number of urea groups is 1. The number of barbiturate groups is 1. The van der Waals surface area contributed by atoms with Crippen molar-refractivity contribution in [1.82, 2.24) is 10.2 Å². The van der Waals surface area contributed by atoms with E-state index in [1.54, 1.807) is 0 Å². The number of rotatable bonds is 2. The molecule has 2 saturated carbocycles. The Morgan fingerprint density at radius 2 is 1.88 bits per heavy atom. The van der Waals surface area contributed by atoms with E-state index >= 15 is 0 Å². The first-order chi connectivity index (χ1) is 8.13. The molecule has 0 atom stereocenters. The van der Waals surface area contributed by atoms with Gasteiger partial charge in [-0.05, 0) is 31.6 Å². The highest BCUT2D eigenvalue weighted by Crippen LogP contribution is 2.44. The highest BCUT2D eigenvalue weighted by atomic mass is 16.2. The molecule has 1 N–H and O–H groups in total. The monoisotopic (exact) mass is 236 g/mol. The molecule has 5 nitrogen and oxygen atoms in total. The first kappa shape index (κ1) is 10.7. The van der Waals surface area contributed by atoms with Crippen molar-refractivity contribution in [1.29, 1.82) is 0 Å². The topological polar surface area (TPSA) is 66.5 Å². The summed E-state index contributed by atoms with van der Waals surface area (Å²) in [6.07, 6.45) is 5.41. The van der Waals surface area contributed by atoms with Gasteiger partial charge in [0, 0.05) is 6.54 Å². The van der Waals surface area contributed by atoms with E-state index in [0.717, 1.165) is 19.3 Å². The van der Waals surface area contributed by atoms with Crippen LogP contribution in [0.1, 0.15) is 38.5 Å². The summed E-state index contributed by atoms with van der Waals surface area (Å²) in [5.41, 5.74) is -0.905. The van der Waals surface area contributed by atoms with Crippen LogP contribution in [-0.4, -0.2) is 29.3 Å². The molecule has 3 rings (SSSR count). The Bertz CT molecular complexity index is 397. The van der Waals surface area contributed by atoms with Crippen LogP contribution in [0.3, 0.4) is 0 Å². The lowest BCUT2D eigenvalue weighted by Gasteiger charge is -2.45. The number of amides is 4. The first-order valence-corrected chi connectivity index (χ1v) is 6.31. The number of hydrogen-bond donors (Lipinski definition) is 1. The average Bonchev–Trinajstić information content (AvgIpc) is 2.11. The van der Waals surface area contributed by atoms with E-state index in [0.29, 0.717) is 25.3 Å². The Balaban J connectivity index is 1.79. The third kappa shape index (κ3) is 1.41. The Hall–Kier alpha value is -1.39. The molecule has 5 heteroatoms. The molecule has 4 amide bonds. The molecule has 1 heterocycles. The molecule has 0 aromatic carbocycles. The van der Waals surface area contributed by atoms with Crippen LogP contribution < -0.4 is 5.32 Å². The van der Waals surface area contributed by atoms with Crippen LogP contribution in [0, 0.1) is 11.3 Å². The van der Waals surface area contributed by atoms with Crippen LogP contribution in [0.4, 0.5) is 4.79 Å². The predicted molar refractivity (Wildman–Crippen MR) is 58.9 cm³/mol. The van der Waals surface area contributed by atoms with E-state index in [1.807, 2.05) is 0 Å². The minimum atomic E-state index is -0.905. The molecule has 0 aromatic heterocycles. The highest BCUT2D eigenvalue weighted by Gasteiger charge is 2.57. The van der Waals surface area contributed by atoms with Gasteiger partial charge in [0.15, 0.2) is 0 Å². The maximum Gasteiger partial charge on any atom is 0.330 e. The number of imide groups is 2. The molecule has 3 fully saturated rings. The van der Waals surface area contributed by atoms with Crippen LogP contribution >= 0.6 is 0 Å². The fourth-order valence-corrected chi connectivity index (χ4v) is 2.80. The zero-order valence-electron chi connectivity index (χ0n) is 9.70. The molecule has 92 valence electrons. The Morgan fingerprint density at radius 3 is 2.35 bits per heavy atom. The lowest BCUT2D eigenvalue weighted by atomic mass is 9.66. The van der Waals surface area contributed by atoms with Crippen molar-refractivity contribution >= 4 is 17.8 Å². The fourth-order valence-electron chi connectivity index (χ4n) is 2.80. The first-order valence-electron chi connectivity index (χ1n) is 6.31. The minimum Gasteiger partial charge on any atom is -0.277 e. The number of nitrogens with one attached hydrogen (secondary N) is 1. The van der Waals surface area contributed by atoms with Gasteiger partial charge >= 0.3 is 6.03 Å². The summed E-state index contributed by atoms with van der Waals surface area (Å²) in [6.45, 7) is 0.486. The summed E-state index contributed by atoms with van der Waals surface area (Å²) in [5.74, 6) is -0.206. The molecule has 0 unspecified atom stereocenters. The molecular weight excluding hydrogens is 220 g/mol. The summed E-state index contributed by atoms with van der Waals surface area (Å²) >= 11 is 0. The van der Waals surface area contributed by atoms with Gasteiger partial charge in [-0.15, -0.1) is 0 Å². The van der Waals surface area contributed by atoms with Crippen LogP contribution in [0.25, 0.3) is 0 Å². The van der Waals surface area contributed by atoms with Gasteiger partial charge in [0.1, 0.15) is 5.41 Å². The van der Waals surface area contributed by atoms with E-state index in [-0.39, 0.29) is 11.8 Å². The maximum atomic E-state index is 12.3. The fraction of sp³-hybridized carbons (Fsp3) is 0.750. The van der Waals surface area contributed by atoms with Gasteiger partial charge in [-0.3, -0.25) is 19.8 Å². The van der Waals surface area contributed by atoms with Crippen LogP contribution in [0.15, 0.2) is 0 Å². The summed E-state index contributed by atoms with van der Waals surface area (Å²) in [6, 6.07) is -0.524. The van der Waals surface area contributed by atoms with E-state index in [2.05, 4.69) is 5.32 Å². The second kappa shape index (κ2) is 3.55. The molecule has 1 aliphatic heterocycles. The van der Waals surface area contributed by atoms with Gasteiger partial charge in [-0.25, -0.2) is 4.79 Å². The van der Waals surface area contributed by atoms with Gasteiger partial charge < -0.3 is 0 Å². The maximum absolute atomic E-state index is 12.3. The van der Waals surface area contributed by atoms with Crippen molar-refractivity contribution in [2.24, 2.45) is 11.3 Å². The van der Waals surface area contributed by atoms with Crippen molar-refractivity contribution in [3.8, 4) is 0 Å². The lowest BCUT2D eigenvalue weighted by Crippen LogP contribution is -2.66. The molecule has 0 bridgehead atoms. The number of nitrogens with zero attached hydrogens (tertiary/aromatic N) is 1. The molecule has 1 saturated heterocycles. The van der Waals surface area contributed by atoms with Crippen LogP contribution in [0.5, 0.6) is 0 Å². The molecule has 0 aromatic rings. The van der Waals surface area contributed by atoms with E-state index in [9.17, 15) is 14.4 Å². The average molecular weight is 236 g/mol. The molecule has 1 spiro atoms. The van der Waals surface area contributed by atoms with Gasteiger partial charge in [0.05, 0.1) is 0 Å². The predicted octanol–water partition coefficient (Wildman–Crippen LogP) is 1.04. The van der Waals surface area contributed by atoms with Gasteiger partial charge in [-0.1, -0.05) is 12.8 Å². The number of hydrogen-bond acceptors (Lipinski definition) is 3. The SMILES string of the molecule is O=C1NC(=O)C2(CCC2)C(=O)N1CC1CCC1. The quantitative estimate of drug-likeness (QED) is 0.728. The van der Waals surface area contributed by atoms with Crippen molar-refractivity contribution < 1.29 is 14.4 Å². The Morgan fingerprint density at radius 1 is 1.18 bits per heavy atom. The minimum absolute atomic E-state index is 0.260. The van der Waals surface area contributed by atoms with Crippen LogP contribution in [0.2, 0.25) is 0 Å². The van der Waals surface area contributed by atoms with Crippen LogP contribution in [-0.2, 0) is 9.59 Å². The molecule has 2 aliphatic carbocycles. The number of carbonyl (C=O) groups excluding carboxylic acids is 3. The zero-order chi connectivity index (χ0) is 12.0. The second-order valence-electron chi connectivity index (χ2n) is 5.41. The molecule has 0 radical (unpaired) electrons. The standard InChI is InChI=1S/C12H16N2O3/c15-9-12(5-2-6-12)10(16)14(11(17)13-9)7-8-3-1-4-8/h8H,1-7H2,(H,13,15,17). The lowest BCUT2D eigenvalue weighted by molar-refractivity contribution is -0.158. The zero-order valence-corrected chi connectivity index (χ0v) is 9.70. The molecule has 17 heavy (non-hydrogen) atoms. The summed E-state index contributed by atoms with van der Waals surface area (Å²) < 4.78 is 0. The van der Waals surface area contributed by atoms with Crippen molar-refractivity contribution in [3.05, 3.63) is 0 Å². The second-order valence-corrected chi connectivity index (χ2v) is 5.41.